The fourth-order valence-corrected chi connectivity index (χ4v) is 3.43. The smallest absolute Gasteiger partial charge is 0.140 e. The second-order valence-corrected chi connectivity index (χ2v) is 7.42. The molecule has 2 aromatic heterocycles. The van der Waals surface area contributed by atoms with Gasteiger partial charge in [0, 0.05) is 50.0 Å². The van der Waals surface area contributed by atoms with Gasteiger partial charge in [-0.3, -0.25) is 4.90 Å². The monoisotopic (exact) mass is 356 g/mol. The first kappa shape index (κ1) is 18.5. The van der Waals surface area contributed by atoms with Crippen molar-refractivity contribution in [1.29, 1.82) is 0 Å². The van der Waals surface area contributed by atoms with E-state index in [0.29, 0.717) is 12.4 Å². The second kappa shape index (κ2) is 7.55. The highest BCUT2D eigenvalue weighted by Crippen LogP contribution is 2.32. The lowest BCUT2D eigenvalue weighted by Crippen LogP contribution is -2.50. The quantitative estimate of drug-likeness (QED) is 0.840. The molecule has 0 bridgehead atoms. The minimum Gasteiger partial charge on any atom is -0.389 e. The number of aliphatic hydroxyl groups is 1. The topological polar surface area (TPSA) is 91.4 Å². The van der Waals surface area contributed by atoms with E-state index in [9.17, 15) is 5.11 Å². The zero-order chi connectivity index (χ0) is 18.7. The Kier molecular flexibility index (Phi) is 5.38. The van der Waals surface area contributed by atoms with Crippen LogP contribution in [0.2, 0.25) is 0 Å². The van der Waals surface area contributed by atoms with E-state index in [1.54, 1.807) is 12.5 Å². The summed E-state index contributed by atoms with van der Waals surface area (Å²) in [4.78, 5) is 17.9. The molecule has 0 amide bonds. The van der Waals surface area contributed by atoms with Gasteiger partial charge >= 0.3 is 0 Å². The third kappa shape index (κ3) is 4.28. The summed E-state index contributed by atoms with van der Waals surface area (Å²) in [6.07, 6.45) is 4.26. The van der Waals surface area contributed by atoms with Crippen LogP contribution in [0.4, 0.5) is 11.6 Å². The highest BCUT2D eigenvalue weighted by molar-refractivity contribution is 5.78. The maximum atomic E-state index is 10.0. The zero-order valence-corrected chi connectivity index (χ0v) is 15.8. The molecule has 0 radical (unpaired) electrons. The number of hydrogen-bond acceptors (Lipinski definition) is 7. The fourth-order valence-electron chi connectivity index (χ4n) is 3.43. The maximum Gasteiger partial charge on any atom is 0.140 e. The fraction of sp³-hybridized carbons (Fsp3) is 0.526. The summed E-state index contributed by atoms with van der Waals surface area (Å²) >= 11 is 0. The van der Waals surface area contributed by atoms with Gasteiger partial charge in [0.05, 0.1) is 11.3 Å². The van der Waals surface area contributed by atoms with Gasteiger partial charge in [-0.2, -0.15) is 0 Å². The molecule has 0 unspecified atom stereocenters. The van der Waals surface area contributed by atoms with E-state index in [1.807, 2.05) is 26.0 Å². The lowest BCUT2D eigenvalue weighted by Gasteiger charge is -2.38. The summed E-state index contributed by atoms with van der Waals surface area (Å²) < 4.78 is 0. The molecule has 7 nitrogen and oxygen atoms in total. The molecule has 1 fully saturated rings. The van der Waals surface area contributed by atoms with Gasteiger partial charge in [0.2, 0.25) is 0 Å². The number of hydrogen-bond donors (Lipinski definition) is 2. The summed E-state index contributed by atoms with van der Waals surface area (Å²) in [5.41, 5.74) is 8.12. The Morgan fingerprint density at radius 2 is 1.85 bits per heavy atom. The standard InChI is InChI=1S/C19H28N6O/c1-4-15-17(14-5-6-16(20)21-11-14)18(23-13-22-15)25-9-7-24(8-10-25)12-19(2,3)26/h5-6,11,13,26H,4,7-10,12H2,1-3H3,(H2,20,21). The first-order valence-corrected chi connectivity index (χ1v) is 9.13. The normalized spacial score (nSPS) is 16.1. The number of anilines is 2. The minimum absolute atomic E-state index is 0.505. The molecule has 140 valence electrons. The molecule has 0 atom stereocenters. The molecule has 3 N–H and O–H groups in total. The number of β-amino-alcohol motifs (C(OH)–C–C–N with tert-alkyl or cyclic N) is 1. The molecule has 3 heterocycles. The summed E-state index contributed by atoms with van der Waals surface area (Å²) in [6, 6.07) is 3.79. The summed E-state index contributed by atoms with van der Waals surface area (Å²) in [6.45, 7) is 10.0. The van der Waals surface area contributed by atoms with Gasteiger partial charge in [0.15, 0.2) is 0 Å². The van der Waals surface area contributed by atoms with Crippen LogP contribution in [0.1, 0.15) is 26.5 Å². The molecule has 2 aromatic rings. The Morgan fingerprint density at radius 3 is 2.42 bits per heavy atom. The van der Waals surface area contributed by atoms with Gasteiger partial charge in [0.25, 0.3) is 0 Å². The lowest BCUT2D eigenvalue weighted by molar-refractivity contribution is 0.0345. The Hall–Kier alpha value is -2.25. The summed E-state index contributed by atoms with van der Waals surface area (Å²) in [5.74, 6) is 1.46. The molecule has 0 aromatic carbocycles. The van der Waals surface area contributed by atoms with Gasteiger partial charge < -0.3 is 15.7 Å². The number of pyridine rings is 1. The highest BCUT2D eigenvalue weighted by Gasteiger charge is 2.25. The van der Waals surface area contributed by atoms with Crippen LogP contribution in [0.15, 0.2) is 24.7 Å². The Labute approximate surface area is 154 Å². The van der Waals surface area contributed by atoms with Gasteiger partial charge in [-0.25, -0.2) is 15.0 Å². The van der Waals surface area contributed by atoms with Crippen LogP contribution < -0.4 is 10.6 Å². The van der Waals surface area contributed by atoms with Crippen molar-refractivity contribution in [3.63, 3.8) is 0 Å². The third-order valence-corrected chi connectivity index (χ3v) is 4.60. The van der Waals surface area contributed by atoms with Crippen molar-refractivity contribution in [1.82, 2.24) is 19.9 Å². The van der Waals surface area contributed by atoms with E-state index in [-0.39, 0.29) is 0 Å². The number of aryl methyl sites for hydroxylation is 1. The van der Waals surface area contributed by atoms with Crippen LogP contribution in [-0.4, -0.2) is 63.3 Å². The Morgan fingerprint density at radius 1 is 1.12 bits per heavy atom. The number of aromatic nitrogens is 3. The molecule has 0 spiro atoms. The predicted molar refractivity (Wildman–Crippen MR) is 104 cm³/mol. The summed E-state index contributed by atoms with van der Waals surface area (Å²) in [7, 11) is 0. The van der Waals surface area contributed by atoms with Crippen LogP contribution in [0.3, 0.4) is 0 Å². The first-order valence-electron chi connectivity index (χ1n) is 9.13. The van der Waals surface area contributed by atoms with Crippen molar-refractivity contribution < 1.29 is 5.11 Å². The average Bonchev–Trinajstić information content (AvgIpc) is 2.61. The van der Waals surface area contributed by atoms with Crippen LogP contribution in [0.25, 0.3) is 11.1 Å². The molecule has 0 aliphatic carbocycles. The molecule has 1 saturated heterocycles. The van der Waals surface area contributed by atoms with Gasteiger partial charge in [-0.1, -0.05) is 6.92 Å². The molecular formula is C19H28N6O. The van der Waals surface area contributed by atoms with Crippen molar-refractivity contribution in [3.8, 4) is 11.1 Å². The second-order valence-electron chi connectivity index (χ2n) is 7.42. The van der Waals surface area contributed by atoms with Crippen LogP contribution >= 0.6 is 0 Å². The lowest BCUT2D eigenvalue weighted by atomic mass is 10.0. The average molecular weight is 356 g/mol. The van der Waals surface area contributed by atoms with Crippen molar-refractivity contribution in [3.05, 3.63) is 30.4 Å². The number of rotatable bonds is 5. The van der Waals surface area contributed by atoms with Crippen LogP contribution in [0.5, 0.6) is 0 Å². The number of nitrogens with two attached hydrogens (primary N) is 1. The largest absolute Gasteiger partial charge is 0.389 e. The van der Waals surface area contributed by atoms with E-state index < -0.39 is 5.60 Å². The third-order valence-electron chi connectivity index (χ3n) is 4.60. The van der Waals surface area contributed by atoms with E-state index in [1.165, 1.54) is 0 Å². The Balaban J connectivity index is 1.86. The molecule has 1 aliphatic heterocycles. The zero-order valence-electron chi connectivity index (χ0n) is 15.8. The molecular weight excluding hydrogens is 328 g/mol. The van der Waals surface area contributed by atoms with Gasteiger partial charge in [-0.05, 0) is 32.4 Å². The molecule has 7 heteroatoms. The van der Waals surface area contributed by atoms with Gasteiger partial charge in [-0.15, -0.1) is 0 Å². The van der Waals surface area contributed by atoms with E-state index >= 15 is 0 Å². The van der Waals surface area contributed by atoms with E-state index in [4.69, 9.17) is 5.73 Å². The van der Waals surface area contributed by atoms with Crippen molar-refractivity contribution in [2.75, 3.05) is 43.4 Å². The first-order chi connectivity index (χ1) is 12.4. The van der Waals surface area contributed by atoms with Gasteiger partial charge in [0.1, 0.15) is 18.0 Å². The SMILES string of the molecule is CCc1ncnc(N2CCN(CC(C)(C)O)CC2)c1-c1ccc(N)nc1. The highest BCUT2D eigenvalue weighted by atomic mass is 16.3. The summed E-state index contributed by atoms with van der Waals surface area (Å²) in [5, 5.41) is 10.0. The minimum atomic E-state index is -0.673. The Bertz CT molecular complexity index is 733. The van der Waals surface area contributed by atoms with E-state index in [2.05, 4.69) is 31.7 Å². The predicted octanol–water partition coefficient (Wildman–Crippen LogP) is 1.58. The number of nitrogen functional groups attached to an aromatic ring is 1. The molecule has 3 rings (SSSR count). The van der Waals surface area contributed by atoms with Crippen LogP contribution in [0, 0.1) is 0 Å². The molecule has 0 saturated carbocycles. The molecule has 1 aliphatic rings. The van der Waals surface area contributed by atoms with Crippen molar-refractivity contribution >= 4 is 11.6 Å². The number of piperazine rings is 1. The van der Waals surface area contributed by atoms with Crippen LogP contribution in [-0.2, 0) is 6.42 Å². The maximum absolute atomic E-state index is 10.0. The molecule has 26 heavy (non-hydrogen) atoms. The van der Waals surface area contributed by atoms with Crippen molar-refractivity contribution in [2.24, 2.45) is 0 Å². The van der Waals surface area contributed by atoms with E-state index in [0.717, 1.165) is 55.2 Å². The number of nitrogens with zero attached hydrogens (tertiary/aromatic N) is 5. The van der Waals surface area contributed by atoms with Crippen molar-refractivity contribution in [2.45, 2.75) is 32.8 Å².